The number of carbonyl (C=O) groups excluding carboxylic acids is 2. The maximum absolute atomic E-state index is 12.5. The lowest BCUT2D eigenvalue weighted by Crippen LogP contribution is -2.30. The van der Waals surface area contributed by atoms with Crippen molar-refractivity contribution in [3.05, 3.63) is 60.4 Å². The van der Waals surface area contributed by atoms with Gasteiger partial charge in [0.2, 0.25) is 11.8 Å². The Bertz CT molecular complexity index is 753. The first-order valence-corrected chi connectivity index (χ1v) is 7.84. The maximum atomic E-state index is 12.5. The van der Waals surface area contributed by atoms with Gasteiger partial charge in [-0.15, -0.1) is 0 Å². The number of amides is 2. The number of allylic oxidation sites excluding steroid dienone is 2. The highest BCUT2D eigenvalue weighted by Gasteiger charge is 2.47. The minimum atomic E-state index is -0.177. The molecule has 5 heteroatoms. The molecule has 2 aromatic rings. The van der Waals surface area contributed by atoms with Gasteiger partial charge in [0.25, 0.3) is 0 Å². The average Bonchev–Trinajstić information content (AvgIpc) is 3.16. The van der Waals surface area contributed by atoms with Gasteiger partial charge < -0.3 is 0 Å². The number of hydrogen-bond donors (Lipinski definition) is 0. The fourth-order valence-corrected chi connectivity index (χ4v) is 3.36. The van der Waals surface area contributed by atoms with Gasteiger partial charge in [-0.3, -0.25) is 14.5 Å². The van der Waals surface area contributed by atoms with Crippen LogP contribution in [0.5, 0.6) is 0 Å². The van der Waals surface area contributed by atoms with E-state index >= 15 is 0 Å². The third kappa shape index (κ3) is 2.38. The minimum absolute atomic E-state index is 0.0568. The summed E-state index contributed by atoms with van der Waals surface area (Å²) < 4.78 is 1.76. The summed E-state index contributed by atoms with van der Waals surface area (Å²) in [5, 5.41) is 4.49. The molecule has 0 saturated carbocycles. The van der Waals surface area contributed by atoms with Crippen LogP contribution in [0.2, 0.25) is 0 Å². The van der Waals surface area contributed by atoms with Crippen LogP contribution in [0.1, 0.15) is 18.5 Å². The quantitative estimate of drug-likeness (QED) is 0.646. The van der Waals surface area contributed by atoms with Gasteiger partial charge in [0, 0.05) is 6.20 Å². The van der Waals surface area contributed by atoms with Crippen LogP contribution < -0.4 is 0 Å². The number of likely N-dealkylation sites (tertiary alicyclic amines) is 1. The molecule has 1 aliphatic heterocycles. The number of benzene rings is 1. The molecule has 0 bridgehead atoms. The molecule has 4 rings (SSSR count). The molecule has 0 N–H and O–H groups in total. The molecule has 0 unspecified atom stereocenters. The van der Waals surface area contributed by atoms with Gasteiger partial charge >= 0.3 is 0 Å². The van der Waals surface area contributed by atoms with Crippen LogP contribution in [0.4, 0.5) is 0 Å². The van der Waals surface area contributed by atoms with Crippen molar-refractivity contribution < 1.29 is 9.59 Å². The Labute approximate surface area is 134 Å². The standard InChI is InChI=1S/C18H17N3O2/c22-17-15-8-4-5-9-16(15)18(23)20(17)12-13-10-11-21(19-13)14-6-2-1-3-7-14/h1-7,10-11,15-16H,8-9,12H2/t15-,16-/m0/s1. The van der Waals surface area contributed by atoms with Crippen molar-refractivity contribution in [1.29, 1.82) is 0 Å². The van der Waals surface area contributed by atoms with Gasteiger partial charge in [-0.05, 0) is 31.0 Å². The molecule has 1 aromatic heterocycles. The average molecular weight is 307 g/mol. The second kappa shape index (κ2) is 5.50. The van der Waals surface area contributed by atoms with Gasteiger partial charge in [0.15, 0.2) is 0 Å². The summed E-state index contributed by atoms with van der Waals surface area (Å²) in [6.07, 6.45) is 7.19. The van der Waals surface area contributed by atoms with Crippen molar-refractivity contribution >= 4 is 11.8 Å². The minimum Gasteiger partial charge on any atom is -0.276 e. The Balaban J connectivity index is 1.54. The van der Waals surface area contributed by atoms with Crippen LogP contribution in [0.3, 0.4) is 0 Å². The van der Waals surface area contributed by atoms with Crippen molar-refractivity contribution in [1.82, 2.24) is 14.7 Å². The molecule has 2 aliphatic rings. The van der Waals surface area contributed by atoms with Crippen molar-refractivity contribution in [2.24, 2.45) is 11.8 Å². The number of fused-ring (bicyclic) bond motifs is 1. The molecule has 2 atom stereocenters. The largest absolute Gasteiger partial charge is 0.276 e. The third-order valence-electron chi connectivity index (χ3n) is 4.58. The Morgan fingerprint density at radius 2 is 1.61 bits per heavy atom. The zero-order valence-electron chi connectivity index (χ0n) is 12.6. The lowest BCUT2D eigenvalue weighted by Gasteiger charge is -2.14. The highest BCUT2D eigenvalue weighted by Crippen LogP contribution is 2.35. The Morgan fingerprint density at radius 3 is 2.26 bits per heavy atom. The molecule has 2 amide bonds. The lowest BCUT2D eigenvalue weighted by molar-refractivity contribution is -0.140. The van der Waals surface area contributed by atoms with Crippen molar-refractivity contribution in [3.63, 3.8) is 0 Å². The van der Waals surface area contributed by atoms with E-state index in [-0.39, 0.29) is 30.2 Å². The molecule has 1 aromatic carbocycles. The van der Waals surface area contributed by atoms with E-state index in [1.54, 1.807) is 4.68 Å². The summed E-state index contributed by atoms with van der Waals surface area (Å²) in [6.45, 7) is 0.254. The smallest absolute Gasteiger partial charge is 0.233 e. The van der Waals surface area contributed by atoms with Crippen LogP contribution in [-0.4, -0.2) is 26.5 Å². The van der Waals surface area contributed by atoms with E-state index in [4.69, 9.17) is 0 Å². The summed E-state index contributed by atoms with van der Waals surface area (Å²) in [4.78, 5) is 26.3. The van der Waals surface area contributed by atoms with E-state index in [0.29, 0.717) is 12.8 Å². The van der Waals surface area contributed by atoms with E-state index in [0.717, 1.165) is 11.4 Å². The van der Waals surface area contributed by atoms with Crippen LogP contribution in [0.25, 0.3) is 5.69 Å². The fraction of sp³-hybridized carbons (Fsp3) is 0.278. The topological polar surface area (TPSA) is 55.2 Å². The summed E-state index contributed by atoms with van der Waals surface area (Å²) in [6, 6.07) is 11.6. The van der Waals surface area contributed by atoms with E-state index in [2.05, 4.69) is 5.10 Å². The second-order valence-electron chi connectivity index (χ2n) is 6.01. The number of carbonyl (C=O) groups is 2. The van der Waals surface area contributed by atoms with Crippen molar-refractivity contribution in [2.45, 2.75) is 19.4 Å². The molecular formula is C18H17N3O2. The normalized spacial score (nSPS) is 23.4. The number of rotatable bonds is 3. The molecule has 116 valence electrons. The Kier molecular flexibility index (Phi) is 3.33. The van der Waals surface area contributed by atoms with Gasteiger partial charge in [-0.1, -0.05) is 30.4 Å². The molecule has 23 heavy (non-hydrogen) atoms. The molecule has 0 radical (unpaired) electrons. The van der Waals surface area contributed by atoms with Crippen molar-refractivity contribution in [3.8, 4) is 5.69 Å². The fourth-order valence-electron chi connectivity index (χ4n) is 3.36. The zero-order chi connectivity index (χ0) is 15.8. The monoisotopic (exact) mass is 307 g/mol. The zero-order valence-corrected chi connectivity index (χ0v) is 12.6. The molecule has 1 aliphatic carbocycles. The predicted molar refractivity (Wildman–Crippen MR) is 84.5 cm³/mol. The van der Waals surface area contributed by atoms with Crippen LogP contribution >= 0.6 is 0 Å². The number of hydrogen-bond acceptors (Lipinski definition) is 3. The van der Waals surface area contributed by atoms with Gasteiger partial charge in [0.05, 0.1) is 29.8 Å². The van der Waals surface area contributed by atoms with Crippen LogP contribution in [-0.2, 0) is 16.1 Å². The molecule has 2 heterocycles. The number of para-hydroxylation sites is 1. The summed E-state index contributed by atoms with van der Waals surface area (Å²) >= 11 is 0. The predicted octanol–water partition coefficient (Wildman–Crippen LogP) is 2.32. The second-order valence-corrected chi connectivity index (χ2v) is 6.01. The first kappa shape index (κ1) is 13.9. The number of aromatic nitrogens is 2. The summed E-state index contributed by atoms with van der Waals surface area (Å²) in [5.41, 5.74) is 1.68. The highest BCUT2D eigenvalue weighted by molar-refractivity contribution is 6.05. The molecule has 5 nitrogen and oxygen atoms in total. The SMILES string of the molecule is O=C1[C@H]2CC=CC[C@@H]2C(=O)N1Cc1ccn(-c2ccccc2)n1. The Hall–Kier alpha value is -2.69. The molecular weight excluding hydrogens is 290 g/mol. The van der Waals surface area contributed by atoms with E-state index in [1.165, 1.54) is 4.90 Å². The highest BCUT2D eigenvalue weighted by atomic mass is 16.2. The van der Waals surface area contributed by atoms with E-state index in [1.807, 2.05) is 54.7 Å². The van der Waals surface area contributed by atoms with E-state index in [9.17, 15) is 9.59 Å². The Morgan fingerprint density at radius 1 is 0.957 bits per heavy atom. The van der Waals surface area contributed by atoms with Gasteiger partial charge in [-0.25, -0.2) is 4.68 Å². The van der Waals surface area contributed by atoms with Gasteiger partial charge in [0.1, 0.15) is 0 Å². The first-order chi connectivity index (χ1) is 11.2. The lowest BCUT2D eigenvalue weighted by atomic mass is 9.85. The number of nitrogens with zero attached hydrogens (tertiary/aromatic N) is 3. The third-order valence-corrected chi connectivity index (χ3v) is 4.58. The summed E-state index contributed by atoms with van der Waals surface area (Å²) in [5.74, 6) is -0.468. The maximum Gasteiger partial charge on any atom is 0.233 e. The molecule has 1 saturated heterocycles. The van der Waals surface area contributed by atoms with E-state index < -0.39 is 0 Å². The van der Waals surface area contributed by atoms with Crippen molar-refractivity contribution in [2.75, 3.05) is 0 Å². The molecule has 0 spiro atoms. The van der Waals surface area contributed by atoms with Crippen LogP contribution in [0, 0.1) is 11.8 Å². The summed E-state index contributed by atoms with van der Waals surface area (Å²) in [7, 11) is 0. The molecule has 1 fully saturated rings. The first-order valence-electron chi connectivity index (χ1n) is 7.84. The van der Waals surface area contributed by atoms with Crippen LogP contribution in [0.15, 0.2) is 54.7 Å². The number of imide groups is 1. The van der Waals surface area contributed by atoms with Gasteiger partial charge in [-0.2, -0.15) is 5.10 Å².